The van der Waals surface area contributed by atoms with Crippen LogP contribution in [0, 0.1) is 0 Å². The van der Waals surface area contributed by atoms with Crippen molar-refractivity contribution in [1.82, 2.24) is 5.32 Å². The molecule has 0 heterocycles. The van der Waals surface area contributed by atoms with Gasteiger partial charge in [-0.05, 0) is 87.0 Å². The Hall–Kier alpha value is -1.89. The summed E-state index contributed by atoms with van der Waals surface area (Å²) in [6, 6.07) is 12.7. The van der Waals surface area contributed by atoms with Gasteiger partial charge in [0.25, 0.3) is 10.0 Å². The van der Waals surface area contributed by atoms with Gasteiger partial charge in [-0.25, -0.2) is 8.42 Å². The molecular weight excluding hydrogens is 372 g/mol. The smallest absolute Gasteiger partial charge is 0.261 e. The van der Waals surface area contributed by atoms with Gasteiger partial charge in [-0.2, -0.15) is 0 Å². The molecule has 0 aliphatic heterocycles. The molecule has 0 spiro atoms. The number of benzene rings is 2. The zero-order valence-electron chi connectivity index (χ0n) is 16.8. The third-order valence-electron chi connectivity index (χ3n) is 5.24. The third kappa shape index (κ3) is 4.93. The number of fused-ring (bicyclic) bond motifs is 1. The van der Waals surface area contributed by atoms with Crippen molar-refractivity contribution in [3.63, 3.8) is 0 Å². The third-order valence-corrected chi connectivity index (χ3v) is 6.64. The molecular formula is C22H30N2O3S. The molecule has 1 aliphatic rings. The van der Waals surface area contributed by atoms with E-state index in [2.05, 4.69) is 17.0 Å². The molecule has 0 saturated heterocycles. The molecule has 6 heteroatoms. The molecule has 28 heavy (non-hydrogen) atoms. The Bertz CT molecular complexity index is 916. The van der Waals surface area contributed by atoms with Crippen LogP contribution in [0.4, 0.5) is 5.69 Å². The van der Waals surface area contributed by atoms with Gasteiger partial charge in [-0.1, -0.05) is 25.1 Å². The van der Waals surface area contributed by atoms with Crippen molar-refractivity contribution in [2.45, 2.75) is 63.0 Å². The first-order valence-corrected chi connectivity index (χ1v) is 11.4. The van der Waals surface area contributed by atoms with E-state index in [1.165, 1.54) is 23.3 Å². The maximum Gasteiger partial charge on any atom is 0.261 e. The lowest BCUT2D eigenvalue weighted by Gasteiger charge is -2.26. The van der Waals surface area contributed by atoms with E-state index in [1.807, 2.05) is 18.2 Å². The van der Waals surface area contributed by atoms with Crippen molar-refractivity contribution in [3.05, 3.63) is 59.2 Å². The highest BCUT2D eigenvalue weighted by Gasteiger charge is 2.21. The predicted octanol–water partition coefficient (Wildman–Crippen LogP) is 3.57. The van der Waals surface area contributed by atoms with Gasteiger partial charge in [0.2, 0.25) is 0 Å². The topological polar surface area (TPSA) is 78.4 Å². The second-order valence-electron chi connectivity index (χ2n) is 8.07. The number of aliphatic hydroxyl groups is 1. The summed E-state index contributed by atoms with van der Waals surface area (Å²) in [6.07, 6.45) is 4.13. The first-order chi connectivity index (χ1) is 13.2. The van der Waals surface area contributed by atoms with Gasteiger partial charge < -0.3 is 10.4 Å². The molecule has 2 aromatic carbocycles. The highest BCUT2D eigenvalue weighted by Crippen LogP contribution is 2.27. The van der Waals surface area contributed by atoms with E-state index >= 15 is 0 Å². The van der Waals surface area contributed by atoms with Crippen molar-refractivity contribution >= 4 is 15.7 Å². The van der Waals surface area contributed by atoms with Crippen molar-refractivity contribution < 1.29 is 13.5 Å². The highest BCUT2D eigenvalue weighted by molar-refractivity contribution is 7.92. The fraction of sp³-hybridized carbons (Fsp3) is 0.455. The summed E-state index contributed by atoms with van der Waals surface area (Å²) in [7, 11) is -3.67. The van der Waals surface area contributed by atoms with Gasteiger partial charge in [-0.15, -0.1) is 0 Å². The van der Waals surface area contributed by atoms with E-state index in [0.29, 0.717) is 17.3 Å². The van der Waals surface area contributed by atoms with Crippen LogP contribution in [0.3, 0.4) is 0 Å². The first-order valence-electron chi connectivity index (χ1n) is 9.90. The summed E-state index contributed by atoms with van der Waals surface area (Å²) in [5.41, 5.74) is 2.76. The number of nitrogens with one attached hydrogen (secondary N) is 2. The Morgan fingerprint density at radius 1 is 1.11 bits per heavy atom. The minimum absolute atomic E-state index is 0.182. The average Bonchev–Trinajstić information content (AvgIpc) is 2.65. The Morgan fingerprint density at radius 2 is 1.82 bits per heavy atom. The molecule has 0 saturated carbocycles. The second kappa shape index (κ2) is 8.23. The van der Waals surface area contributed by atoms with Crippen LogP contribution in [0.15, 0.2) is 47.4 Å². The SMILES string of the molecule is CCCN[C@H]1CCc2cc(NS(=O)(=O)c3ccc(C(C)(C)O)cc3)ccc2C1. The number of sulfonamides is 1. The van der Waals surface area contributed by atoms with Crippen molar-refractivity contribution in [2.24, 2.45) is 0 Å². The molecule has 152 valence electrons. The predicted molar refractivity (Wildman–Crippen MR) is 113 cm³/mol. The van der Waals surface area contributed by atoms with Crippen LogP contribution >= 0.6 is 0 Å². The Kier molecular flexibility index (Phi) is 6.12. The van der Waals surface area contributed by atoms with Gasteiger partial charge in [0.1, 0.15) is 0 Å². The number of hydrogen-bond donors (Lipinski definition) is 3. The zero-order valence-corrected chi connectivity index (χ0v) is 17.6. The first kappa shape index (κ1) is 20.8. The molecule has 0 radical (unpaired) electrons. The van der Waals surface area contributed by atoms with E-state index in [4.69, 9.17) is 0 Å². The molecule has 0 bridgehead atoms. The second-order valence-corrected chi connectivity index (χ2v) is 9.75. The zero-order chi connectivity index (χ0) is 20.4. The summed E-state index contributed by atoms with van der Waals surface area (Å²) in [6.45, 7) is 6.54. The van der Waals surface area contributed by atoms with E-state index in [1.54, 1.807) is 26.0 Å². The number of aryl methyl sites for hydroxylation is 1. The fourth-order valence-electron chi connectivity index (χ4n) is 3.60. The lowest BCUT2D eigenvalue weighted by atomic mass is 9.88. The van der Waals surface area contributed by atoms with Crippen LogP contribution in [0.25, 0.3) is 0 Å². The van der Waals surface area contributed by atoms with Gasteiger partial charge in [-0.3, -0.25) is 4.72 Å². The van der Waals surface area contributed by atoms with Crippen LogP contribution in [0.1, 0.15) is 50.3 Å². The number of anilines is 1. The minimum Gasteiger partial charge on any atom is -0.386 e. The minimum atomic E-state index is -3.67. The Morgan fingerprint density at radius 3 is 2.46 bits per heavy atom. The van der Waals surface area contributed by atoms with Gasteiger partial charge in [0, 0.05) is 11.7 Å². The molecule has 2 aromatic rings. The monoisotopic (exact) mass is 402 g/mol. The molecule has 0 aromatic heterocycles. The lowest BCUT2D eigenvalue weighted by Crippen LogP contribution is -2.35. The van der Waals surface area contributed by atoms with Gasteiger partial charge >= 0.3 is 0 Å². The van der Waals surface area contributed by atoms with Gasteiger partial charge in [0.05, 0.1) is 10.5 Å². The molecule has 1 atom stereocenters. The fourth-order valence-corrected chi connectivity index (χ4v) is 4.65. The van der Waals surface area contributed by atoms with E-state index in [0.717, 1.165) is 32.2 Å². The molecule has 0 fully saturated rings. The van der Waals surface area contributed by atoms with Crippen molar-refractivity contribution in [1.29, 1.82) is 0 Å². The summed E-state index contributed by atoms with van der Waals surface area (Å²) in [5, 5.41) is 13.6. The summed E-state index contributed by atoms with van der Waals surface area (Å²) in [4.78, 5) is 0.182. The van der Waals surface area contributed by atoms with Crippen LogP contribution in [-0.4, -0.2) is 26.1 Å². The maximum absolute atomic E-state index is 12.7. The van der Waals surface area contributed by atoms with Crippen LogP contribution in [0.2, 0.25) is 0 Å². The Balaban J connectivity index is 1.73. The van der Waals surface area contributed by atoms with Crippen molar-refractivity contribution in [2.75, 3.05) is 11.3 Å². The van der Waals surface area contributed by atoms with Crippen molar-refractivity contribution in [3.8, 4) is 0 Å². The van der Waals surface area contributed by atoms with Crippen LogP contribution in [0.5, 0.6) is 0 Å². The number of rotatable bonds is 7. The lowest BCUT2D eigenvalue weighted by molar-refractivity contribution is 0.0785. The molecule has 3 N–H and O–H groups in total. The summed E-state index contributed by atoms with van der Waals surface area (Å²) in [5.74, 6) is 0. The molecule has 0 amide bonds. The average molecular weight is 403 g/mol. The molecule has 0 unspecified atom stereocenters. The number of hydrogen-bond acceptors (Lipinski definition) is 4. The molecule has 3 rings (SSSR count). The molecule has 5 nitrogen and oxygen atoms in total. The molecule has 1 aliphatic carbocycles. The van der Waals surface area contributed by atoms with Gasteiger partial charge in [0.15, 0.2) is 0 Å². The van der Waals surface area contributed by atoms with E-state index in [9.17, 15) is 13.5 Å². The highest BCUT2D eigenvalue weighted by atomic mass is 32.2. The van der Waals surface area contributed by atoms with Crippen LogP contribution in [-0.2, 0) is 28.5 Å². The standard InChI is InChI=1S/C22H30N2O3S/c1-4-13-23-19-9-5-17-15-20(10-6-16(17)14-19)24-28(26,27)21-11-7-18(8-12-21)22(2,3)25/h6-8,10-12,15,19,23-25H,4-5,9,13-14H2,1-3H3/t19-/m0/s1. The largest absolute Gasteiger partial charge is 0.386 e. The maximum atomic E-state index is 12.7. The Labute approximate surface area is 168 Å². The summed E-state index contributed by atoms with van der Waals surface area (Å²) >= 11 is 0. The normalized spacial score (nSPS) is 17.2. The van der Waals surface area contributed by atoms with E-state index < -0.39 is 15.6 Å². The van der Waals surface area contributed by atoms with Crippen LogP contribution < -0.4 is 10.0 Å². The van der Waals surface area contributed by atoms with E-state index in [-0.39, 0.29) is 4.90 Å². The quantitative estimate of drug-likeness (QED) is 0.662. The summed E-state index contributed by atoms with van der Waals surface area (Å²) < 4.78 is 28.1.